The van der Waals surface area contributed by atoms with Crippen LogP contribution in [-0.2, 0) is 17.6 Å². The lowest BCUT2D eigenvalue weighted by Gasteiger charge is -2.25. The molecule has 3 atom stereocenters. The minimum absolute atomic E-state index is 0.0137. The molecule has 1 saturated heterocycles. The molecule has 33 heavy (non-hydrogen) atoms. The average molecular weight is 443 g/mol. The maximum absolute atomic E-state index is 13.0. The maximum atomic E-state index is 13.0. The third kappa shape index (κ3) is 6.77. The summed E-state index contributed by atoms with van der Waals surface area (Å²) in [6.07, 6.45) is 7.60. The van der Waals surface area contributed by atoms with E-state index in [-0.39, 0.29) is 30.4 Å². The van der Waals surface area contributed by atoms with Gasteiger partial charge >= 0.3 is 0 Å². The molecule has 0 radical (unpaired) electrons. The summed E-state index contributed by atoms with van der Waals surface area (Å²) in [7, 11) is 0. The second-order valence-electron chi connectivity index (χ2n) is 9.06. The van der Waals surface area contributed by atoms with Crippen LogP contribution >= 0.6 is 0 Å². The predicted octanol–water partition coefficient (Wildman–Crippen LogP) is 4.27. The van der Waals surface area contributed by atoms with Gasteiger partial charge in [0.1, 0.15) is 0 Å². The Hall–Kier alpha value is -2.95. The predicted molar refractivity (Wildman–Crippen MR) is 135 cm³/mol. The number of nitrogens with one attached hydrogen (secondary N) is 2. The molecule has 0 aromatic heterocycles. The van der Waals surface area contributed by atoms with Gasteiger partial charge in [-0.1, -0.05) is 84.9 Å². The zero-order chi connectivity index (χ0) is 22.9. The number of hydrogen-bond acceptors (Lipinski definition) is 3. The molecule has 0 spiro atoms. The normalized spacial score (nSPS) is 18.3. The molecular formula is C29H34N2O2. The molecular weight excluding hydrogens is 408 g/mol. The van der Waals surface area contributed by atoms with Gasteiger partial charge < -0.3 is 15.7 Å². The molecule has 1 unspecified atom stereocenters. The number of hydrogen-bond donors (Lipinski definition) is 3. The van der Waals surface area contributed by atoms with Gasteiger partial charge in [-0.3, -0.25) is 4.79 Å². The molecule has 4 heteroatoms. The first-order valence-electron chi connectivity index (χ1n) is 12.0. The fourth-order valence-electron chi connectivity index (χ4n) is 4.56. The Kier molecular flexibility index (Phi) is 8.29. The standard InChI is InChI=1S/C29H34N2O2/c32-21-24(17-22-7-2-1-3-8-22)13-15-28(31-29(33)27-11-6-16-30-20-27)19-23-12-14-25-9-4-5-10-26(25)18-23/h1-5,7-10,12-15,18,24,27-28,30,32H,6,11,16-17,19-21H2,(H,31,33)/b15-13+/t24?,27-,28+/m1/s1. The highest BCUT2D eigenvalue weighted by Crippen LogP contribution is 2.18. The van der Waals surface area contributed by atoms with E-state index in [0.29, 0.717) is 0 Å². The van der Waals surface area contributed by atoms with Gasteiger partial charge in [-0.15, -0.1) is 0 Å². The molecule has 1 aliphatic rings. The molecule has 3 aromatic carbocycles. The number of rotatable bonds is 9. The molecule has 0 saturated carbocycles. The van der Waals surface area contributed by atoms with Crippen molar-refractivity contribution in [2.24, 2.45) is 11.8 Å². The molecule has 0 aliphatic carbocycles. The number of benzene rings is 3. The molecule has 1 amide bonds. The SMILES string of the molecule is O=C(N[C@@H](/C=C/C(CO)Cc1ccccc1)Cc1ccc2ccccc2c1)[C@@H]1CCCNC1. The van der Waals surface area contributed by atoms with Gasteiger partial charge in [-0.2, -0.15) is 0 Å². The monoisotopic (exact) mass is 442 g/mol. The summed E-state index contributed by atoms with van der Waals surface area (Å²) in [4.78, 5) is 13.0. The molecule has 3 aromatic rings. The van der Waals surface area contributed by atoms with Crippen molar-refractivity contribution in [2.45, 2.75) is 31.7 Å². The minimum Gasteiger partial charge on any atom is -0.396 e. The van der Waals surface area contributed by atoms with Gasteiger partial charge in [0, 0.05) is 19.1 Å². The lowest BCUT2D eigenvalue weighted by atomic mass is 9.95. The Labute approximate surface area is 196 Å². The van der Waals surface area contributed by atoms with Crippen LogP contribution in [0.1, 0.15) is 24.0 Å². The summed E-state index contributed by atoms with van der Waals surface area (Å²) in [5, 5.41) is 19.0. The van der Waals surface area contributed by atoms with Crippen molar-refractivity contribution < 1.29 is 9.90 Å². The van der Waals surface area contributed by atoms with E-state index in [9.17, 15) is 9.90 Å². The van der Waals surface area contributed by atoms with Crippen molar-refractivity contribution in [1.82, 2.24) is 10.6 Å². The number of carbonyl (C=O) groups excluding carboxylic acids is 1. The number of aliphatic hydroxyl groups is 1. The van der Waals surface area contributed by atoms with Crippen LogP contribution in [0, 0.1) is 11.8 Å². The largest absolute Gasteiger partial charge is 0.396 e. The lowest BCUT2D eigenvalue weighted by molar-refractivity contribution is -0.125. The topological polar surface area (TPSA) is 61.4 Å². The van der Waals surface area contributed by atoms with Crippen molar-refractivity contribution in [3.8, 4) is 0 Å². The minimum atomic E-state index is -0.120. The van der Waals surface area contributed by atoms with E-state index in [1.807, 2.05) is 24.3 Å². The van der Waals surface area contributed by atoms with Gasteiger partial charge in [0.15, 0.2) is 0 Å². The van der Waals surface area contributed by atoms with Gasteiger partial charge in [0.05, 0.1) is 12.0 Å². The molecule has 0 bridgehead atoms. The molecule has 4 nitrogen and oxygen atoms in total. The average Bonchev–Trinajstić information content (AvgIpc) is 2.87. The first-order valence-corrected chi connectivity index (χ1v) is 12.0. The number of amides is 1. The summed E-state index contributed by atoms with van der Waals surface area (Å²) in [5.74, 6) is 0.144. The summed E-state index contributed by atoms with van der Waals surface area (Å²) in [6.45, 7) is 1.81. The molecule has 4 rings (SSSR count). The van der Waals surface area contributed by atoms with E-state index in [2.05, 4.69) is 71.3 Å². The first kappa shape index (κ1) is 23.2. The number of fused-ring (bicyclic) bond motifs is 1. The number of carbonyl (C=O) groups is 1. The molecule has 1 fully saturated rings. The Balaban J connectivity index is 1.50. The highest BCUT2D eigenvalue weighted by Gasteiger charge is 2.23. The Bertz CT molecular complexity index is 1060. The molecule has 172 valence electrons. The smallest absolute Gasteiger partial charge is 0.224 e. The van der Waals surface area contributed by atoms with Crippen LogP contribution in [0.3, 0.4) is 0 Å². The van der Waals surface area contributed by atoms with E-state index < -0.39 is 0 Å². The quantitative estimate of drug-likeness (QED) is 0.434. The first-order chi connectivity index (χ1) is 16.2. The van der Waals surface area contributed by atoms with Crippen LogP contribution in [0.25, 0.3) is 10.8 Å². The highest BCUT2D eigenvalue weighted by molar-refractivity contribution is 5.83. The Morgan fingerprint density at radius 1 is 0.970 bits per heavy atom. The Morgan fingerprint density at radius 2 is 1.76 bits per heavy atom. The van der Waals surface area contributed by atoms with Crippen LogP contribution in [0.2, 0.25) is 0 Å². The van der Waals surface area contributed by atoms with E-state index >= 15 is 0 Å². The highest BCUT2D eigenvalue weighted by atomic mass is 16.3. The molecule has 3 N–H and O–H groups in total. The third-order valence-corrected chi connectivity index (χ3v) is 6.46. The van der Waals surface area contributed by atoms with E-state index in [0.717, 1.165) is 38.8 Å². The third-order valence-electron chi connectivity index (χ3n) is 6.46. The van der Waals surface area contributed by atoms with Gasteiger partial charge in [0.2, 0.25) is 5.91 Å². The van der Waals surface area contributed by atoms with Gasteiger partial charge in [0.25, 0.3) is 0 Å². The van der Waals surface area contributed by atoms with Crippen molar-refractivity contribution >= 4 is 16.7 Å². The van der Waals surface area contributed by atoms with E-state index in [1.165, 1.54) is 21.9 Å². The Morgan fingerprint density at radius 3 is 2.52 bits per heavy atom. The van der Waals surface area contributed by atoms with E-state index in [4.69, 9.17) is 0 Å². The fourth-order valence-corrected chi connectivity index (χ4v) is 4.56. The van der Waals surface area contributed by atoms with Crippen LogP contribution in [0.5, 0.6) is 0 Å². The van der Waals surface area contributed by atoms with Crippen LogP contribution in [0.4, 0.5) is 0 Å². The summed E-state index contributed by atoms with van der Waals surface area (Å²) >= 11 is 0. The van der Waals surface area contributed by atoms with Crippen LogP contribution in [-0.4, -0.2) is 36.8 Å². The van der Waals surface area contributed by atoms with Crippen molar-refractivity contribution in [1.29, 1.82) is 0 Å². The van der Waals surface area contributed by atoms with Gasteiger partial charge in [-0.05, 0) is 54.1 Å². The fraction of sp³-hybridized carbons (Fsp3) is 0.345. The van der Waals surface area contributed by atoms with Crippen LogP contribution in [0.15, 0.2) is 84.9 Å². The van der Waals surface area contributed by atoms with Crippen LogP contribution < -0.4 is 10.6 Å². The van der Waals surface area contributed by atoms with Crippen molar-refractivity contribution in [3.05, 3.63) is 96.1 Å². The summed E-state index contributed by atoms with van der Waals surface area (Å²) < 4.78 is 0. The molecule has 1 aliphatic heterocycles. The van der Waals surface area contributed by atoms with Gasteiger partial charge in [-0.25, -0.2) is 0 Å². The van der Waals surface area contributed by atoms with E-state index in [1.54, 1.807) is 0 Å². The number of piperidine rings is 1. The second kappa shape index (κ2) is 11.8. The lowest BCUT2D eigenvalue weighted by Crippen LogP contribution is -2.44. The number of aliphatic hydroxyl groups excluding tert-OH is 1. The second-order valence-corrected chi connectivity index (χ2v) is 9.06. The van der Waals surface area contributed by atoms with Crippen molar-refractivity contribution in [2.75, 3.05) is 19.7 Å². The zero-order valence-corrected chi connectivity index (χ0v) is 19.1. The zero-order valence-electron chi connectivity index (χ0n) is 19.1. The summed E-state index contributed by atoms with van der Waals surface area (Å²) in [6, 6.07) is 24.9. The summed E-state index contributed by atoms with van der Waals surface area (Å²) in [5.41, 5.74) is 2.39. The molecule has 1 heterocycles. The maximum Gasteiger partial charge on any atom is 0.224 e. The van der Waals surface area contributed by atoms with Crippen molar-refractivity contribution in [3.63, 3.8) is 0 Å².